The van der Waals surface area contributed by atoms with Gasteiger partial charge in [-0.2, -0.15) is 8.42 Å². The molecule has 10 heteroatoms. The molecule has 4 rings (SSSR count). The van der Waals surface area contributed by atoms with E-state index in [1.807, 2.05) is 12.1 Å². The number of non-ortho nitro benzene ring substituents is 1. The molecular weight excluding hydrogens is 422 g/mol. The molecule has 31 heavy (non-hydrogen) atoms. The SMILES string of the molecule is Cc1cc(S(=O)(=O)O)c2cc([N+](=O)[O-])ccc2c1/N=N/c1ccc2ccccc2c1O. The van der Waals surface area contributed by atoms with Gasteiger partial charge in [0, 0.05) is 28.3 Å². The lowest BCUT2D eigenvalue weighted by Gasteiger charge is -2.10. The Labute approximate surface area is 176 Å². The van der Waals surface area contributed by atoms with E-state index in [4.69, 9.17) is 0 Å². The topological polar surface area (TPSA) is 142 Å². The van der Waals surface area contributed by atoms with Crippen LogP contribution in [-0.2, 0) is 10.1 Å². The summed E-state index contributed by atoms with van der Waals surface area (Å²) in [5.41, 5.74) is 0.492. The van der Waals surface area contributed by atoms with Gasteiger partial charge < -0.3 is 5.11 Å². The third-order valence-corrected chi connectivity index (χ3v) is 5.76. The van der Waals surface area contributed by atoms with Gasteiger partial charge >= 0.3 is 0 Å². The van der Waals surface area contributed by atoms with Crippen LogP contribution in [0.2, 0.25) is 0 Å². The highest BCUT2D eigenvalue weighted by molar-refractivity contribution is 7.86. The molecular formula is C21H15N3O6S. The van der Waals surface area contributed by atoms with Gasteiger partial charge in [-0.1, -0.05) is 30.3 Å². The number of hydrogen-bond acceptors (Lipinski definition) is 7. The van der Waals surface area contributed by atoms with Gasteiger partial charge in [0.2, 0.25) is 0 Å². The summed E-state index contributed by atoms with van der Waals surface area (Å²) in [5, 5.41) is 31.6. The van der Waals surface area contributed by atoms with E-state index >= 15 is 0 Å². The summed E-state index contributed by atoms with van der Waals surface area (Å²) in [7, 11) is -4.64. The fourth-order valence-corrected chi connectivity index (χ4v) is 4.16. The number of phenolic OH excluding ortho intramolecular Hbond substituents is 1. The van der Waals surface area contributed by atoms with E-state index in [0.29, 0.717) is 10.9 Å². The van der Waals surface area contributed by atoms with Crippen molar-refractivity contribution in [3.8, 4) is 5.75 Å². The summed E-state index contributed by atoms with van der Waals surface area (Å²) in [6.07, 6.45) is 0. The third kappa shape index (κ3) is 3.69. The van der Waals surface area contributed by atoms with Crippen LogP contribution in [0.5, 0.6) is 5.75 Å². The van der Waals surface area contributed by atoms with Gasteiger partial charge in [0.05, 0.1) is 10.6 Å². The van der Waals surface area contributed by atoms with Gasteiger partial charge in [-0.3, -0.25) is 14.7 Å². The fourth-order valence-electron chi connectivity index (χ4n) is 3.39. The normalized spacial score (nSPS) is 12.1. The number of fused-ring (bicyclic) bond motifs is 2. The molecule has 0 saturated carbocycles. The number of nitro groups is 1. The molecule has 0 aliphatic rings. The molecule has 0 heterocycles. The smallest absolute Gasteiger partial charge is 0.295 e. The molecule has 0 atom stereocenters. The lowest BCUT2D eigenvalue weighted by atomic mass is 10.0. The molecule has 0 spiro atoms. The Hall–Kier alpha value is -3.89. The van der Waals surface area contributed by atoms with E-state index in [-0.39, 0.29) is 33.6 Å². The van der Waals surface area contributed by atoms with Crippen molar-refractivity contribution in [3.05, 3.63) is 76.3 Å². The van der Waals surface area contributed by atoms with Crippen LogP contribution in [0.25, 0.3) is 21.5 Å². The van der Waals surface area contributed by atoms with Gasteiger partial charge in [-0.15, -0.1) is 10.2 Å². The molecule has 0 unspecified atom stereocenters. The van der Waals surface area contributed by atoms with Crippen LogP contribution in [0.4, 0.5) is 17.1 Å². The Bertz CT molecular complexity index is 1510. The Morgan fingerprint density at radius 2 is 1.68 bits per heavy atom. The molecule has 156 valence electrons. The molecule has 0 aliphatic heterocycles. The largest absolute Gasteiger partial charge is 0.505 e. The quantitative estimate of drug-likeness (QED) is 0.185. The number of benzene rings is 4. The van der Waals surface area contributed by atoms with Crippen LogP contribution >= 0.6 is 0 Å². The maximum atomic E-state index is 11.8. The highest BCUT2D eigenvalue weighted by Crippen LogP contribution is 2.39. The standard InChI is InChI=1S/C21H15N3O6S/c1-12-10-19(31(28,29)30)17-11-14(24(26)27)7-8-16(17)20(12)23-22-18-9-6-13-4-2-3-5-15(13)21(18)25/h2-11,25H,1H3,(H,28,29,30)/b23-22+. The number of nitrogens with zero attached hydrogens (tertiary/aromatic N) is 3. The van der Waals surface area contributed by atoms with Crippen molar-refractivity contribution in [2.24, 2.45) is 10.2 Å². The molecule has 4 aromatic rings. The molecule has 0 aliphatic carbocycles. The number of rotatable bonds is 4. The molecule has 0 saturated heterocycles. The third-order valence-electron chi connectivity index (χ3n) is 4.87. The van der Waals surface area contributed by atoms with Crippen LogP contribution in [0, 0.1) is 17.0 Å². The monoisotopic (exact) mass is 437 g/mol. The zero-order valence-electron chi connectivity index (χ0n) is 16.1. The number of nitro benzene ring substituents is 1. The van der Waals surface area contributed by atoms with Crippen molar-refractivity contribution in [2.75, 3.05) is 0 Å². The van der Waals surface area contributed by atoms with Crippen LogP contribution < -0.4 is 0 Å². The Morgan fingerprint density at radius 3 is 2.39 bits per heavy atom. The summed E-state index contributed by atoms with van der Waals surface area (Å²) < 4.78 is 33.3. The first-order valence-corrected chi connectivity index (χ1v) is 10.4. The average Bonchev–Trinajstić information content (AvgIpc) is 2.73. The predicted molar refractivity (Wildman–Crippen MR) is 115 cm³/mol. The zero-order chi connectivity index (χ0) is 22.3. The maximum Gasteiger partial charge on any atom is 0.295 e. The van der Waals surface area contributed by atoms with Gasteiger partial charge in [-0.25, -0.2) is 0 Å². The minimum Gasteiger partial charge on any atom is -0.505 e. The number of aryl methyl sites for hydroxylation is 1. The molecule has 4 aromatic carbocycles. The molecule has 2 N–H and O–H groups in total. The summed E-state index contributed by atoms with van der Waals surface area (Å²) >= 11 is 0. The van der Waals surface area contributed by atoms with Crippen molar-refractivity contribution >= 4 is 48.7 Å². The van der Waals surface area contributed by atoms with Crippen LogP contribution in [0.15, 0.2) is 75.8 Å². The number of hydrogen-bond donors (Lipinski definition) is 2. The zero-order valence-corrected chi connectivity index (χ0v) is 16.9. The first-order valence-electron chi connectivity index (χ1n) is 8.98. The number of phenols is 1. The van der Waals surface area contributed by atoms with Crippen molar-refractivity contribution in [1.82, 2.24) is 0 Å². The first kappa shape index (κ1) is 20.4. The number of aromatic hydroxyl groups is 1. The number of azo groups is 1. The minimum atomic E-state index is -4.64. The summed E-state index contributed by atoms with van der Waals surface area (Å²) in [5.74, 6) is -0.0611. The van der Waals surface area contributed by atoms with Gasteiger partial charge in [0.1, 0.15) is 10.6 Å². The second-order valence-electron chi connectivity index (χ2n) is 6.86. The highest BCUT2D eigenvalue weighted by Gasteiger charge is 2.21. The highest BCUT2D eigenvalue weighted by atomic mass is 32.2. The van der Waals surface area contributed by atoms with Crippen LogP contribution in [-0.4, -0.2) is 23.0 Å². The van der Waals surface area contributed by atoms with Crippen molar-refractivity contribution in [1.29, 1.82) is 0 Å². The van der Waals surface area contributed by atoms with Crippen molar-refractivity contribution in [3.63, 3.8) is 0 Å². The van der Waals surface area contributed by atoms with E-state index in [1.165, 1.54) is 18.2 Å². The minimum absolute atomic E-state index is 0.0565. The summed E-state index contributed by atoms with van der Waals surface area (Å²) in [4.78, 5) is 10.0. The molecule has 0 fully saturated rings. The lowest BCUT2D eigenvalue weighted by Crippen LogP contribution is -2.01. The van der Waals surface area contributed by atoms with Gasteiger partial charge in [0.15, 0.2) is 5.75 Å². The predicted octanol–water partition coefficient (Wildman–Crippen LogP) is 5.58. The summed E-state index contributed by atoms with van der Waals surface area (Å²) in [6, 6.07) is 15.4. The molecule has 0 aromatic heterocycles. The molecule has 0 radical (unpaired) electrons. The van der Waals surface area contributed by atoms with E-state index < -0.39 is 19.9 Å². The molecule has 9 nitrogen and oxygen atoms in total. The Morgan fingerprint density at radius 1 is 0.935 bits per heavy atom. The lowest BCUT2D eigenvalue weighted by molar-refractivity contribution is -0.384. The maximum absolute atomic E-state index is 11.8. The molecule has 0 amide bonds. The van der Waals surface area contributed by atoms with Gasteiger partial charge in [0.25, 0.3) is 15.8 Å². The average molecular weight is 437 g/mol. The van der Waals surface area contributed by atoms with E-state index in [1.54, 1.807) is 31.2 Å². The van der Waals surface area contributed by atoms with E-state index in [9.17, 15) is 28.2 Å². The van der Waals surface area contributed by atoms with E-state index in [0.717, 1.165) is 11.5 Å². The first-order chi connectivity index (χ1) is 14.7. The van der Waals surface area contributed by atoms with Crippen molar-refractivity contribution in [2.45, 2.75) is 11.8 Å². The Kier molecular flexibility index (Phi) is 4.88. The van der Waals surface area contributed by atoms with E-state index in [2.05, 4.69) is 10.2 Å². The fraction of sp³-hybridized carbons (Fsp3) is 0.0476. The van der Waals surface area contributed by atoms with Crippen LogP contribution in [0.1, 0.15) is 5.56 Å². The second-order valence-corrected chi connectivity index (χ2v) is 8.25. The Balaban J connectivity index is 1.93. The molecule has 0 bridgehead atoms. The second kappa shape index (κ2) is 7.42. The summed E-state index contributed by atoms with van der Waals surface area (Å²) in [6.45, 7) is 1.57. The van der Waals surface area contributed by atoms with Crippen molar-refractivity contribution < 1.29 is 23.0 Å². The van der Waals surface area contributed by atoms with Crippen LogP contribution in [0.3, 0.4) is 0 Å². The van der Waals surface area contributed by atoms with Gasteiger partial charge in [-0.05, 0) is 36.1 Å².